The minimum Gasteiger partial charge on any atom is -0.351 e. The van der Waals surface area contributed by atoms with E-state index in [1.807, 2.05) is 61.5 Å². The first-order valence-electron chi connectivity index (χ1n) is 8.76. The maximum absolute atomic E-state index is 12.3. The Labute approximate surface area is 163 Å². The van der Waals surface area contributed by atoms with Gasteiger partial charge in [-0.25, -0.2) is 4.98 Å². The van der Waals surface area contributed by atoms with Crippen LogP contribution in [0, 0.1) is 6.92 Å². The number of carbonyl (C=O) groups excluding carboxylic acids is 1. The van der Waals surface area contributed by atoms with Crippen LogP contribution in [0.15, 0.2) is 59.8 Å². The number of nitrogens with one attached hydrogen (secondary N) is 2. The van der Waals surface area contributed by atoms with Crippen LogP contribution in [0.25, 0.3) is 12.2 Å². The minimum atomic E-state index is -0.280. The van der Waals surface area contributed by atoms with Crippen LogP contribution >= 0.6 is 11.8 Å². The van der Waals surface area contributed by atoms with E-state index in [0.29, 0.717) is 17.5 Å². The van der Waals surface area contributed by atoms with Crippen molar-refractivity contribution >= 4 is 29.8 Å². The van der Waals surface area contributed by atoms with E-state index in [9.17, 15) is 4.79 Å². The number of aromatic amines is 1. The molecule has 2 aromatic carbocycles. The second kappa shape index (κ2) is 9.19. The highest BCUT2D eigenvalue weighted by Gasteiger charge is 2.16. The molecule has 1 atom stereocenters. The fourth-order valence-electron chi connectivity index (χ4n) is 2.47. The van der Waals surface area contributed by atoms with Crippen LogP contribution in [-0.4, -0.2) is 26.3 Å². The van der Waals surface area contributed by atoms with E-state index in [4.69, 9.17) is 0 Å². The molecule has 0 aliphatic rings. The predicted octanol–water partition coefficient (Wildman–Crippen LogP) is 4.08. The van der Waals surface area contributed by atoms with Crippen LogP contribution in [0.5, 0.6) is 0 Å². The summed E-state index contributed by atoms with van der Waals surface area (Å²) in [7, 11) is 0. The lowest BCUT2D eigenvalue weighted by Gasteiger charge is -2.10. The van der Waals surface area contributed by atoms with Gasteiger partial charge < -0.3 is 5.32 Å². The zero-order chi connectivity index (χ0) is 19.1. The van der Waals surface area contributed by atoms with Crippen LogP contribution in [0.3, 0.4) is 0 Å². The molecule has 0 aliphatic carbocycles. The topological polar surface area (TPSA) is 70.7 Å². The first-order valence-corrected chi connectivity index (χ1v) is 9.64. The molecule has 3 aromatic rings. The number of H-pyrrole nitrogens is 1. The number of aromatic nitrogens is 3. The summed E-state index contributed by atoms with van der Waals surface area (Å²) in [4.78, 5) is 16.7. The van der Waals surface area contributed by atoms with E-state index in [0.717, 1.165) is 11.1 Å². The number of benzene rings is 2. The number of thioether (sulfide) groups is 1. The second-order valence-corrected chi connectivity index (χ2v) is 7.46. The van der Waals surface area contributed by atoms with Gasteiger partial charge in [-0.3, -0.25) is 9.89 Å². The first kappa shape index (κ1) is 18.9. The molecule has 6 heteroatoms. The van der Waals surface area contributed by atoms with Gasteiger partial charge in [-0.1, -0.05) is 72.4 Å². The standard InChI is InChI=1S/C21H22N4OS/c1-15-8-6-7-11-18(15)12-13-19-23-21(25-24-19)27-16(2)20(26)22-14-17-9-4-3-5-10-17/h3-13,16H,14H2,1-2H3,(H,22,26)(H,23,24,25). The number of amides is 1. The zero-order valence-corrected chi connectivity index (χ0v) is 16.2. The number of aryl methyl sites for hydroxylation is 1. The van der Waals surface area contributed by atoms with Gasteiger partial charge in [0.05, 0.1) is 5.25 Å². The van der Waals surface area contributed by atoms with Crippen molar-refractivity contribution in [2.75, 3.05) is 0 Å². The molecule has 0 bridgehead atoms. The maximum Gasteiger partial charge on any atom is 0.233 e. The van der Waals surface area contributed by atoms with Gasteiger partial charge in [-0.15, -0.1) is 5.10 Å². The Hall–Kier alpha value is -2.86. The molecule has 3 rings (SSSR count). The van der Waals surface area contributed by atoms with Crippen molar-refractivity contribution in [3.8, 4) is 0 Å². The van der Waals surface area contributed by atoms with Gasteiger partial charge in [-0.05, 0) is 36.6 Å². The second-order valence-electron chi connectivity index (χ2n) is 6.16. The summed E-state index contributed by atoms with van der Waals surface area (Å²) in [6.45, 7) is 4.43. The van der Waals surface area contributed by atoms with E-state index in [2.05, 4.69) is 39.6 Å². The molecule has 1 heterocycles. The molecule has 0 saturated heterocycles. The summed E-state index contributed by atoms with van der Waals surface area (Å²) in [5.74, 6) is 0.628. The quantitative estimate of drug-likeness (QED) is 0.608. The average molecular weight is 379 g/mol. The van der Waals surface area contributed by atoms with Crippen molar-refractivity contribution in [1.82, 2.24) is 20.5 Å². The normalized spacial score (nSPS) is 12.2. The Morgan fingerprint density at radius 2 is 1.89 bits per heavy atom. The third-order valence-electron chi connectivity index (χ3n) is 4.05. The van der Waals surface area contributed by atoms with Crippen LogP contribution in [0.4, 0.5) is 0 Å². The van der Waals surface area contributed by atoms with E-state index in [-0.39, 0.29) is 11.2 Å². The lowest BCUT2D eigenvalue weighted by Crippen LogP contribution is -2.30. The van der Waals surface area contributed by atoms with Crippen molar-refractivity contribution in [3.63, 3.8) is 0 Å². The number of nitrogens with zero attached hydrogens (tertiary/aromatic N) is 2. The smallest absolute Gasteiger partial charge is 0.233 e. The van der Waals surface area contributed by atoms with Gasteiger partial charge in [0.2, 0.25) is 11.1 Å². The Kier molecular flexibility index (Phi) is 6.44. The molecule has 5 nitrogen and oxygen atoms in total. The highest BCUT2D eigenvalue weighted by Crippen LogP contribution is 2.20. The Bertz CT molecular complexity index is 921. The van der Waals surface area contributed by atoms with Gasteiger partial charge >= 0.3 is 0 Å². The lowest BCUT2D eigenvalue weighted by atomic mass is 10.1. The largest absolute Gasteiger partial charge is 0.351 e. The first-order chi connectivity index (χ1) is 13.1. The summed E-state index contributed by atoms with van der Waals surface area (Å²) in [5, 5.41) is 10.3. The molecule has 0 radical (unpaired) electrons. The SMILES string of the molecule is Cc1ccccc1C=Cc1nc(SC(C)C(=O)NCc2ccccc2)n[nH]1. The van der Waals surface area contributed by atoms with E-state index >= 15 is 0 Å². The Morgan fingerprint density at radius 1 is 1.15 bits per heavy atom. The highest BCUT2D eigenvalue weighted by atomic mass is 32.2. The molecular weight excluding hydrogens is 356 g/mol. The molecular formula is C21H22N4OS. The summed E-state index contributed by atoms with van der Waals surface area (Å²) in [6, 6.07) is 18.0. The fraction of sp³-hybridized carbons (Fsp3) is 0.190. The van der Waals surface area contributed by atoms with Gasteiger partial charge in [0, 0.05) is 6.54 Å². The Balaban J connectivity index is 1.53. The van der Waals surface area contributed by atoms with Gasteiger partial charge in [0.15, 0.2) is 0 Å². The van der Waals surface area contributed by atoms with E-state index < -0.39 is 0 Å². The van der Waals surface area contributed by atoms with Crippen molar-refractivity contribution in [2.45, 2.75) is 30.8 Å². The minimum absolute atomic E-state index is 0.0364. The summed E-state index contributed by atoms with van der Waals surface area (Å²) in [5.41, 5.74) is 3.41. The summed E-state index contributed by atoms with van der Waals surface area (Å²) in [6.07, 6.45) is 3.89. The molecule has 27 heavy (non-hydrogen) atoms. The molecule has 1 unspecified atom stereocenters. The van der Waals surface area contributed by atoms with Gasteiger partial charge in [-0.2, -0.15) is 0 Å². The molecule has 2 N–H and O–H groups in total. The van der Waals surface area contributed by atoms with Crippen LogP contribution < -0.4 is 5.32 Å². The third-order valence-corrected chi connectivity index (χ3v) is 5.01. The molecule has 0 spiro atoms. The number of hydrogen-bond acceptors (Lipinski definition) is 4. The van der Waals surface area contributed by atoms with E-state index in [1.165, 1.54) is 17.3 Å². The monoisotopic (exact) mass is 378 g/mol. The summed E-state index contributed by atoms with van der Waals surface area (Å²) >= 11 is 1.33. The molecule has 1 amide bonds. The molecule has 138 valence electrons. The van der Waals surface area contributed by atoms with Crippen molar-refractivity contribution in [1.29, 1.82) is 0 Å². The zero-order valence-electron chi connectivity index (χ0n) is 15.3. The van der Waals surface area contributed by atoms with E-state index in [1.54, 1.807) is 0 Å². The van der Waals surface area contributed by atoms with Crippen molar-refractivity contribution in [2.24, 2.45) is 0 Å². The van der Waals surface area contributed by atoms with Crippen molar-refractivity contribution in [3.05, 3.63) is 77.1 Å². The molecule has 0 fully saturated rings. The lowest BCUT2D eigenvalue weighted by molar-refractivity contribution is -0.120. The fourth-order valence-corrected chi connectivity index (χ4v) is 3.22. The molecule has 0 aliphatic heterocycles. The number of hydrogen-bond donors (Lipinski definition) is 2. The number of carbonyl (C=O) groups is 1. The maximum atomic E-state index is 12.3. The van der Waals surface area contributed by atoms with Crippen molar-refractivity contribution < 1.29 is 4.79 Å². The highest BCUT2D eigenvalue weighted by molar-refractivity contribution is 8.00. The average Bonchev–Trinajstić information content (AvgIpc) is 3.13. The number of rotatable bonds is 7. The van der Waals surface area contributed by atoms with Crippen LogP contribution in [0.2, 0.25) is 0 Å². The van der Waals surface area contributed by atoms with Gasteiger partial charge in [0.1, 0.15) is 5.82 Å². The van der Waals surface area contributed by atoms with Crippen LogP contribution in [0.1, 0.15) is 29.4 Å². The molecule has 0 saturated carbocycles. The molecule has 1 aromatic heterocycles. The predicted molar refractivity (Wildman–Crippen MR) is 110 cm³/mol. The van der Waals surface area contributed by atoms with Gasteiger partial charge in [0.25, 0.3) is 0 Å². The van der Waals surface area contributed by atoms with Crippen LogP contribution in [-0.2, 0) is 11.3 Å². The summed E-state index contributed by atoms with van der Waals surface area (Å²) < 4.78 is 0. The third kappa shape index (κ3) is 5.56. The Morgan fingerprint density at radius 3 is 2.67 bits per heavy atom.